The minimum absolute atomic E-state index is 0.0165. The SMILES string of the molecule is COc1ccc2c(O[C@@H]3C[C@@H](C(=O)NC4(C(=O)NS(=O)(=O)c5cccs5)CC4C4CC4)N(C(=O)[C@@H](NC(=O)NC(C)(C)C)C(C)(C)C)C3)cc(-c3ccccc3)nc2c1. The molecule has 4 aromatic rings. The zero-order chi connectivity index (χ0) is 42.5. The van der Waals surface area contributed by atoms with E-state index in [1.165, 1.54) is 11.0 Å². The number of hydrogen-bond acceptors (Lipinski definition) is 10. The molecule has 5 atom stereocenters. The fraction of sp³-hybridized carbons (Fsp3) is 0.465. The fourth-order valence-electron chi connectivity index (χ4n) is 7.83. The molecule has 0 radical (unpaired) electrons. The molecule has 2 aromatic carbocycles. The second-order valence-corrected chi connectivity index (χ2v) is 20.7. The van der Waals surface area contributed by atoms with Gasteiger partial charge in [-0.25, -0.2) is 22.9 Å². The molecule has 2 aromatic heterocycles. The van der Waals surface area contributed by atoms with Gasteiger partial charge in [-0.2, -0.15) is 0 Å². The van der Waals surface area contributed by atoms with Crippen LogP contribution >= 0.6 is 11.3 Å². The Kier molecular flexibility index (Phi) is 11.2. The summed E-state index contributed by atoms with van der Waals surface area (Å²) in [6.07, 6.45) is 1.33. The number of amides is 5. The number of methoxy groups -OCH3 is 1. The second-order valence-electron chi connectivity index (χ2n) is 17.9. The maximum absolute atomic E-state index is 14.8. The van der Waals surface area contributed by atoms with Crippen LogP contribution in [0.15, 0.2) is 76.3 Å². The van der Waals surface area contributed by atoms with E-state index in [0.717, 1.165) is 29.7 Å². The minimum Gasteiger partial charge on any atom is -0.497 e. The van der Waals surface area contributed by atoms with Gasteiger partial charge in [0, 0.05) is 35.0 Å². The molecular weight excluding hydrogens is 793 g/mol. The number of benzene rings is 2. The smallest absolute Gasteiger partial charge is 0.315 e. The number of likely N-dealkylation sites (tertiary alicyclic amines) is 1. The number of carbonyl (C=O) groups is 4. The number of fused-ring (bicyclic) bond motifs is 1. The molecule has 5 amide bonds. The van der Waals surface area contributed by atoms with Gasteiger partial charge >= 0.3 is 6.03 Å². The van der Waals surface area contributed by atoms with Gasteiger partial charge in [0.2, 0.25) is 11.8 Å². The molecule has 7 rings (SSSR count). The van der Waals surface area contributed by atoms with Crippen LogP contribution in [0.25, 0.3) is 22.2 Å². The molecule has 3 fully saturated rings. The van der Waals surface area contributed by atoms with E-state index in [2.05, 4.69) is 20.7 Å². The maximum Gasteiger partial charge on any atom is 0.315 e. The van der Waals surface area contributed by atoms with E-state index in [-0.39, 0.29) is 35.4 Å². The van der Waals surface area contributed by atoms with E-state index in [9.17, 15) is 27.6 Å². The summed E-state index contributed by atoms with van der Waals surface area (Å²) in [6, 6.07) is 17.2. The molecule has 314 valence electrons. The third-order valence-electron chi connectivity index (χ3n) is 11.0. The van der Waals surface area contributed by atoms with Gasteiger partial charge in [-0.05, 0) is 80.9 Å². The van der Waals surface area contributed by atoms with Gasteiger partial charge in [0.1, 0.15) is 39.4 Å². The Morgan fingerprint density at radius 1 is 0.966 bits per heavy atom. The second kappa shape index (κ2) is 15.8. The molecular formula is C43H52N6O8S2. The summed E-state index contributed by atoms with van der Waals surface area (Å²) < 4.78 is 40.9. The van der Waals surface area contributed by atoms with Crippen LogP contribution in [0.5, 0.6) is 11.5 Å². The lowest BCUT2D eigenvalue weighted by molar-refractivity contribution is -0.142. The van der Waals surface area contributed by atoms with Crippen molar-refractivity contribution in [3.63, 3.8) is 0 Å². The zero-order valence-corrected chi connectivity index (χ0v) is 36.0. The van der Waals surface area contributed by atoms with Crippen LogP contribution in [-0.2, 0) is 24.4 Å². The van der Waals surface area contributed by atoms with Crippen molar-refractivity contribution in [3.05, 3.63) is 72.1 Å². The predicted molar refractivity (Wildman–Crippen MR) is 224 cm³/mol. The Morgan fingerprint density at radius 2 is 1.69 bits per heavy atom. The van der Waals surface area contributed by atoms with E-state index in [4.69, 9.17) is 14.5 Å². The molecule has 1 saturated heterocycles. The molecule has 2 unspecified atom stereocenters. The molecule has 3 aliphatic rings. The first-order valence-corrected chi connectivity index (χ1v) is 22.2. The fourth-order valence-corrected chi connectivity index (χ4v) is 9.87. The van der Waals surface area contributed by atoms with Gasteiger partial charge in [0.15, 0.2) is 0 Å². The first-order chi connectivity index (χ1) is 27.8. The Bertz CT molecular complexity index is 2360. The van der Waals surface area contributed by atoms with E-state index in [1.54, 1.807) is 24.6 Å². The van der Waals surface area contributed by atoms with Gasteiger partial charge < -0.3 is 30.3 Å². The molecule has 1 aliphatic heterocycles. The number of ether oxygens (including phenoxy) is 2. The third-order valence-corrected chi connectivity index (χ3v) is 13.7. The predicted octanol–water partition coefficient (Wildman–Crippen LogP) is 5.62. The number of hydrogen-bond donors (Lipinski definition) is 4. The lowest BCUT2D eigenvalue weighted by Crippen LogP contribution is -2.61. The average molecular weight is 845 g/mol. The van der Waals surface area contributed by atoms with Crippen molar-refractivity contribution in [1.82, 2.24) is 30.6 Å². The van der Waals surface area contributed by atoms with Gasteiger partial charge in [0.05, 0.1) is 24.9 Å². The first-order valence-electron chi connectivity index (χ1n) is 19.8. The lowest BCUT2D eigenvalue weighted by atomic mass is 9.85. The molecule has 59 heavy (non-hydrogen) atoms. The summed E-state index contributed by atoms with van der Waals surface area (Å²) in [7, 11) is -2.61. The Labute approximate surface area is 348 Å². The van der Waals surface area contributed by atoms with Crippen molar-refractivity contribution in [2.75, 3.05) is 13.7 Å². The van der Waals surface area contributed by atoms with E-state index in [0.29, 0.717) is 28.1 Å². The molecule has 0 bridgehead atoms. The number of pyridine rings is 1. The maximum atomic E-state index is 14.8. The number of urea groups is 1. The van der Waals surface area contributed by atoms with Crippen molar-refractivity contribution in [1.29, 1.82) is 0 Å². The first kappa shape index (κ1) is 41.9. The molecule has 14 nitrogen and oxygen atoms in total. The van der Waals surface area contributed by atoms with Crippen LogP contribution in [0.4, 0.5) is 4.79 Å². The van der Waals surface area contributed by atoms with Crippen LogP contribution < -0.4 is 30.1 Å². The third kappa shape index (κ3) is 9.18. The Hall–Kier alpha value is -5.22. The van der Waals surface area contributed by atoms with Crippen molar-refractivity contribution >= 4 is 56.0 Å². The van der Waals surface area contributed by atoms with Crippen LogP contribution in [-0.4, -0.2) is 85.0 Å². The number of rotatable bonds is 12. The Balaban J connectivity index is 1.22. The highest BCUT2D eigenvalue weighted by Gasteiger charge is 2.66. The van der Waals surface area contributed by atoms with Crippen molar-refractivity contribution in [2.45, 2.75) is 101 Å². The molecule has 16 heteroatoms. The largest absolute Gasteiger partial charge is 0.497 e. The quantitative estimate of drug-likeness (QED) is 0.141. The van der Waals surface area contributed by atoms with Crippen LogP contribution in [0, 0.1) is 17.3 Å². The summed E-state index contributed by atoms with van der Waals surface area (Å²) in [5, 5.41) is 11.0. The topological polar surface area (TPSA) is 185 Å². The standard InChI is InChI=1S/C43H52N6O8S2/c1-41(2,3)36(45-40(53)47-42(4,5)6)38(51)49-24-28(57-34-22-31(26-12-9-8-10-13-26)44-32-20-27(56-7)17-18-29(32)34)21-33(49)37(50)46-43(23-30(43)25-15-16-25)39(52)48-59(54,55)35-14-11-19-58-35/h8-14,17-20,22,25,28,30,33,36H,15-16,21,23-24H2,1-7H3,(H,46,50)(H,48,52)(H2,45,47,53)/t28-,30?,33+,36-,43?/m1/s1. The summed E-state index contributed by atoms with van der Waals surface area (Å²) in [5.41, 5.74) is -0.733. The van der Waals surface area contributed by atoms with Crippen LogP contribution in [0.2, 0.25) is 0 Å². The number of thiophene rings is 1. The van der Waals surface area contributed by atoms with Gasteiger partial charge in [-0.3, -0.25) is 14.4 Å². The molecule has 2 saturated carbocycles. The highest BCUT2D eigenvalue weighted by molar-refractivity contribution is 7.92. The van der Waals surface area contributed by atoms with Gasteiger partial charge in [0.25, 0.3) is 15.9 Å². The molecule has 3 heterocycles. The minimum atomic E-state index is -4.18. The van der Waals surface area contributed by atoms with Gasteiger partial charge in [-0.15, -0.1) is 11.3 Å². The molecule has 0 spiro atoms. The zero-order valence-electron chi connectivity index (χ0n) is 34.3. The normalized spacial score (nSPS) is 22.3. The van der Waals surface area contributed by atoms with Crippen molar-refractivity contribution < 1.29 is 37.1 Å². The van der Waals surface area contributed by atoms with Crippen molar-refractivity contribution in [3.8, 4) is 22.8 Å². The van der Waals surface area contributed by atoms with Gasteiger partial charge in [-0.1, -0.05) is 57.2 Å². The van der Waals surface area contributed by atoms with Crippen LogP contribution in [0.3, 0.4) is 0 Å². The van der Waals surface area contributed by atoms with E-state index in [1.807, 2.05) is 90.1 Å². The average Bonchev–Trinajstić information content (AvgIpc) is 4.02. The number of carbonyl (C=O) groups excluding carboxylic acids is 4. The van der Waals surface area contributed by atoms with Crippen LogP contribution in [0.1, 0.15) is 67.2 Å². The molecule has 2 aliphatic carbocycles. The Morgan fingerprint density at radius 3 is 2.32 bits per heavy atom. The lowest BCUT2D eigenvalue weighted by Gasteiger charge is -2.36. The summed E-state index contributed by atoms with van der Waals surface area (Å²) in [5.74, 6) is -0.929. The monoisotopic (exact) mass is 844 g/mol. The highest BCUT2D eigenvalue weighted by Crippen LogP contribution is 2.57. The summed E-state index contributed by atoms with van der Waals surface area (Å²) >= 11 is 0.982. The van der Waals surface area contributed by atoms with E-state index >= 15 is 0 Å². The number of sulfonamides is 1. The molecule has 4 N–H and O–H groups in total. The summed E-state index contributed by atoms with van der Waals surface area (Å²) in [4.78, 5) is 63.0. The number of nitrogens with one attached hydrogen (secondary N) is 4. The van der Waals surface area contributed by atoms with E-state index < -0.39 is 68.5 Å². The number of aromatic nitrogens is 1. The highest BCUT2D eigenvalue weighted by atomic mass is 32.2. The van der Waals surface area contributed by atoms with Crippen molar-refractivity contribution in [2.24, 2.45) is 17.3 Å². The summed E-state index contributed by atoms with van der Waals surface area (Å²) in [6.45, 7) is 10.9. The number of nitrogens with zero attached hydrogens (tertiary/aromatic N) is 2.